The molecule has 0 saturated carbocycles. The highest BCUT2D eigenvalue weighted by Crippen LogP contribution is 2.26. The van der Waals surface area contributed by atoms with Crippen LogP contribution in [0.3, 0.4) is 0 Å². The zero-order valence-electron chi connectivity index (χ0n) is 14.6. The van der Waals surface area contributed by atoms with Gasteiger partial charge in [-0.15, -0.1) is 21.5 Å². The zero-order valence-corrected chi connectivity index (χ0v) is 16.3. The summed E-state index contributed by atoms with van der Waals surface area (Å²) in [6, 6.07) is 11.3. The van der Waals surface area contributed by atoms with Crippen LogP contribution >= 0.6 is 23.1 Å². The molecular formula is C18H16N4O3S2. The van der Waals surface area contributed by atoms with E-state index >= 15 is 0 Å². The van der Waals surface area contributed by atoms with Crippen LogP contribution in [-0.2, 0) is 11.2 Å². The van der Waals surface area contributed by atoms with Crippen LogP contribution in [0.4, 0.5) is 5.00 Å². The van der Waals surface area contributed by atoms with Gasteiger partial charge in [-0.2, -0.15) is 5.26 Å². The summed E-state index contributed by atoms with van der Waals surface area (Å²) < 4.78 is 10.8. The van der Waals surface area contributed by atoms with E-state index in [1.165, 1.54) is 23.1 Å². The number of thiophene rings is 1. The second-order valence-corrected chi connectivity index (χ2v) is 7.72. The van der Waals surface area contributed by atoms with Crippen molar-refractivity contribution in [3.63, 3.8) is 0 Å². The molecule has 0 unspecified atom stereocenters. The highest BCUT2D eigenvalue weighted by Gasteiger charge is 2.20. The molecule has 9 heteroatoms. The van der Waals surface area contributed by atoms with E-state index < -0.39 is 5.25 Å². The first-order chi connectivity index (χ1) is 13.1. The maximum absolute atomic E-state index is 12.3. The molecule has 3 aromatic rings. The minimum absolute atomic E-state index is 0.228. The van der Waals surface area contributed by atoms with E-state index in [4.69, 9.17) is 14.4 Å². The largest absolute Gasteiger partial charge is 0.497 e. The summed E-state index contributed by atoms with van der Waals surface area (Å²) in [5.41, 5.74) is 1.47. The van der Waals surface area contributed by atoms with E-state index in [1.54, 1.807) is 25.5 Å². The van der Waals surface area contributed by atoms with E-state index in [0.29, 0.717) is 28.1 Å². The van der Waals surface area contributed by atoms with Gasteiger partial charge in [0.25, 0.3) is 5.22 Å². The average Bonchev–Trinajstić information content (AvgIpc) is 3.31. The number of rotatable bonds is 7. The average molecular weight is 400 g/mol. The second kappa shape index (κ2) is 8.70. The monoisotopic (exact) mass is 400 g/mol. The number of anilines is 1. The van der Waals surface area contributed by atoms with Crippen molar-refractivity contribution in [3.8, 4) is 11.8 Å². The molecule has 1 N–H and O–H groups in total. The quantitative estimate of drug-likeness (QED) is 0.603. The van der Waals surface area contributed by atoms with Crippen molar-refractivity contribution in [3.05, 3.63) is 52.7 Å². The molecule has 0 fully saturated rings. The number of nitrogens with one attached hydrogen (secondary N) is 1. The predicted molar refractivity (Wildman–Crippen MR) is 103 cm³/mol. The van der Waals surface area contributed by atoms with E-state index in [-0.39, 0.29) is 5.91 Å². The van der Waals surface area contributed by atoms with Gasteiger partial charge in [-0.3, -0.25) is 4.79 Å². The van der Waals surface area contributed by atoms with Crippen molar-refractivity contribution in [1.29, 1.82) is 5.26 Å². The molecule has 0 aliphatic rings. The van der Waals surface area contributed by atoms with Crippen molar-refractivity contribution in [2.24, 2.45) is 0 Å². The van der Waals surface area contributed by atoms with Gasteiger partial charge in [0.1, 0.15) is 16.8 Å². The van der Waals surface area contributed by atoms with Gasteiger partial charge in [0.05, 0.1) is 24.3 Å². The highest BCUT2D eigenvalue weighted by atomic mass is 32.2. The third-order valence-electron chi connectivity index (χ3n) is 3.63. The highest BCUT2D eigenvalue weighted by molar-refractivity contribution is 8.00. The van der Waals surface area contributed by atoms with E-state index in [9.17, 15) is 4.79 Å². The number of amides is 1. The number of methoxy groups -OCH3 is 1. The second-order valence-electron chi connectivity index (χ2n) is 5.51. The number of thioether (sulfide) groups is 1. The van der Waals surface area contributed by atoms with Crippen LogP contribution in [0.5, 0.6) is 5.75 Å². The van der Waals surface area contributed by atoms with Gasteiger partial charge in [-0.05, 0) is 36.1 Å². The van der Waals surface area contributed by atoms with Crippen LogP contribution < -0.4 is 10.1 Å². The fourth-order valence-electron chi connectivity index (χ4n) is 2.19. The Balaban J connectivity index is 1.57. The Bertz CT molecular complexity index is 960. The van der Waals surface area contributed by atoms with Crippen LogP contribution in [0.1, 0.15) is 23.9 Å². The molecule has 7 nitrogen and oxygen atoms in total. The summed E-state index contributed by atoms with van der Waals surface area (Å²) in [6.07, 6.45) is 0.499. The van der Waals surface area contributed by atoms with Crippen LogP contribution in [0, 0.1) is 11.3 Å². The van der Waals surface area contributed by atoms with Gasteiger partial charge in [0.2, 0.25) is 11.8 Å². The maximum atomic E-state index is 12.3. The van der Waals surface area contributed by atoms with Crippen molar-refractivity contribution < 1.29 is 13.9 Å². The molecule has 1 aromatic carbocycles. The molecule has 0 radical (unpaired) electrons. The SMILES string of the molecule is COc1ccc(Cc2nnc(S[C@@H](C)C(=O)Nc3sccc3C#N)o2)cc1. The molecule has 0 bridgehead atoms. The normalized spacial score (nSPS) is 11.6. The van der Waals surface area contributed by atoms with Crippen LogP contribution in [0.25, 0.3) is 0 Å². The molecule has 2 aromatic heterocycles. The predicted octanol–water partition coefficient (Wildman–Crippen LogP) is 3.72. The lowest BCUT2D eigenvalue weighted by Crippen LogP contribution is -2.22. The molecule has 1 amide bonds. The lowest BCUT2D eigenvalue weighted by molar-refractivity contribution is -0.115. The maximum Gasteiger partial charge on any atom is 0.277 e. The first kappa shape index (κ1) is 18.9. The summed E-state index contributed by atoms with van der Waals surface area (Å²) in [4.78, 5) is 12.3. The summed E-state index contributed by atoms with van der Waals surface area (Å²) in [6.45, 7) is 1.74. The first-order valence-corrected chi connectivity index (χ1v) is 9.75. The lowest BCUT2D eigenvalue weighted by atomic mass is 10.1. The molecule has 0 aliphatic carbocycles. The van der Waals surface area contributed by atoms with Crippen LogP contribution in [0.2, 0.25) is 0 Å². The summed E-state index contributed by atoms with van der Waals surface area (Å²) in [5, 5.41) is 22.0. The Hall–Kier alpha value is -2.83. The smallest absolute Gasteiger partial charge is 0.277 e. The van der Waals surface area contributed by atoms with Gasteiger partial charge in [-0.1, -0.05) is 23.9 Å². The zero-order chi connectivity index (χ0) is 19.2. The Morgan fingerprint density at radius 1 is 1.37 bits per heavy atom. The van der Waals surface area contributed by atoms with Gasteiger partial charge in [0.15, 0.2) is 0 Å². The number of nitriles is 1. The molecule has 1 atom stereocenters. The third kappa shape index (κ3) is 4.87. The molecule has 0 aliphatic heterocycles. The number of nitrogens with zero attached hydrogens (tertiary/aromatic N) is 3. The fourth-order valence-corrected chi connectivity index (χ4v) is 3.63. The summed E-state index contributed by atoms with van der Waals surface area (Å²) in [7, 11) is 1.62. The van der Waals surface area contributed by atoms with Crippen LogP contribution in [0.15, 0.2) is 45.4 Å². The molecular weight excluding hydrogens is 384 g/mol. The standard InChI is InChI=1S/C18H16N4O3S2/c1-11(16(23)20-17-13(10-19)7-8-26-17)27-18-22-21-15(25-18)9-12-3-5-14(24-2)6-4-12/h3-8,11H,9H2,1-2H3,(H,20,23)/t11-/m0/s1. The Labute approximate surface area is 164 Å². The van der Waals surface area contributed by atoms with Crippen molar-refractivity contribution in [2.75, 3.05) is 12.4 Å². The molecule has 0 spiro atoms. The number of hydrogen-bond donors (Lipinski definition) is 1. The van der Waals surface area contributed by atoms with Crippen molar-refractivity contribution in [1.82, 2.24) is 10.2 Å². The number of aromatic nitrogens is 2. The molecule has 2 heterocycles. The minimum Gasteiger partial charge on any atom is -0.497 e. The number of carbonyl (C=O) groups is 1. The van der Waals surface area contributed by atoms with Gasteiger partial charge in [-0.25, -0.2) is 0 Å². The van der Waals surface area contributed by atoms with E-state index in [0.717, 1.165) is 11.3 Å². The molecule has 0 saturated heterocycles. The fraction of sp³-hybridized carbons (Fsp3) is 0.222. The number of hydrogen-bond acceptors (Lipinski definition) is 8. The Morgan fingerprint density at radius 3 is 2.85 bits per heavy atom. The van der Waals surface area contributed by atoms with Gasteiger partial charge < -0.3 is 14.5 Å². The Morgan fingerprint density at radius 2 is 2.15 bits per heavy atom. The van der Waals surface area contributed by atoms with E-state index in [1.807, 2.05) is 30.3 Å². The van der Waals surface area contributed by atoms with Gasteiger partial charge >= 0.3 is 0 Å². The molecule has 138 valence electrons. The molecule has 3 rings (SSSR count). The number of benzene rings is 1. The molecule has 27 heavy (non-hydrogen) atoms. The lowest BCUT2D eigenvalue weighted by Gasteiger charge is -2.08. The van der Waals surface area contributed by atoms with E-state index in [2.05, 4.69) is 15.5 Å². The number of ether oxygens (including phenoxy) is 1. The Kier molecular flexibility index (Phi) is 6.11. The van der Waals surface area contributed by atoms with Gasteiger partial charge in [0, 0.05) is 0 Å². The third-order valence-corrected chi connectivity index (χ3v) is 5.40. The summed E-state index contributed by atoms with van der Waals surface area (Å²) >= 11 is 2.48. The van der Waals surface area contributed by atoms with Crippen molar-refractivity contribution >= 4 is 34.0 Å². The van der Waals surface area contributed by atoms with Crippen LogP contribution in [-0.4, -0.2) is 28.5 Å². The minimum atomic E-state index is -0.451. The first-order valence-electron chi connectivity index (χ1n) is 7.99. The van der Waals surface area contributed by atoms with Crippen molar-refractivity contribution in [2.45, 2.75) is 23.8 Å². The topological polar surface area (TPSA) is 101 Å². The summed E-state index contributed by atoms with van der Waals surface area (Å²) in [5.74, 6) is 1.03. The number of carbonyl (C=O) groups excluding carboxylic acids is 1.